The molecule has 4 aromatic rings. The van der Waals surface area contributed by atoms with Crippen molar-refractivity contribution in [3.63, 3.8) is 0 Å². The highest BCUT2D eigenvalue weighted by atomic mass is 35.5. The van der Waals surface area contributed by atoms with Gasteiger partial charge in [-0.1, -0.05) is 29.0 Å². The third kappa shape index (κ3) is 4.79. The number of benzene rings is 3. The molecule has 34 heavy (non-hydrogen) atoms. The predicted octanol–water partition coefficient (Wildman–Crippen LogP) is 4.45. The number of carbonyl (C=O) groups is 1. The maximum Gasteiger partial charge on any atom is 0.279 e. The lowest BCUT2D eigenvalue weighted by Crippen LogP contribution is -2.14. The Kier molecular flexibility index (Phi) is 6.65. The summed E-state index contributed by atoms with van der Waals surface area (Å²) in [6.45, 7) is 0. The summed E-state index contributed by atoms with van der Waals surface area (Å²) in [5.41, 5.74) is 1.31. The Labute approximate surface area is 205 Å². The number of anilines is 1. The quantitative estimate of drug-likeness (QED) is 0.407. The number of hydrogen-bond donors (Lipinski definition) is 1. The highest BCUT2D eigenvalue weighted by Gasteiger charge is 2.16. The summed E-state index contributed by atoms with van der Waals surface area (Å²) in [6.07, 6.45) is 0. The molecule has 1 aromatic heterocycles. The number of nitrogens with one attached hydrogen (secondary N) is 1. The maximum absolute atomic E-state index is 12.9. The van der Waals surface area contributed by atoms with Crippen molar-refractivity contribution in [2.75, 3.05) is 18.9 Å². The molecule has 1 N–H and O–H groups in total. The molecule has 0 radical (unpaired) electrons. The normalized spacial score (nSPS) is 12.1. The number of amides is 1. The van der Waals surface area contributed by atoms with E-state index in [1.165, 1.54) is 41.7 Å². The molecule has 0 bridgehead atoms. The van der Waals surface area contributed by atoms with Crippen molar-refractivity contribution in [3.05, 3.63) is 76.1 Å². The number of fused-ring (bicyclic) bond motifs is 1. The van der Waals surface area contributed by atoms with Gasteiger partial charge in [0.15, 0.2) is 16.3 Å². The van der Waals surface area contributed by atoms with Crippen molar-refractivity contribution in [3.8, 4) is 11.5 Å². The first-order chi connectivity index (χ1) is 16.2. The van der Waals surface area contributed by atoms with Crippen molar-refractivity contribution >= 4 is 54.8 Å². The summed E-state index contributed by atoms with van der Waals surface area (Å²) in [4.78, 5) is 17.7. The Bertz CT molecular complexity index is 1560. The number of halogens is 1. The topological polar surface area (TPSA) is 99.0 Å². The molecule has 1 amide bonds. The summed E-state index contributed by atoms with van der Waals surface area (Å²) < 4.78 is 41.1. The molecule has 3 aromatic carbocycles. The van der Waals surface area contributed by atoms with Gasteiger partial charge < -0.3 is 14.0 Å². The lowest BCUT2D eigenvalue weighted by atomic mass is 10.2. The van der Waals surface area contributed by atoms with Crippen LogP contribution in [0.15, 0.2) is 70.6 Å². The summed E-state index contributed by atoms with van der Waals surface area (Å²) in [5.74, 6) is 0.644. The molecule has 4 rings (SSSR count). The van der Waals surface area contributed by atoms with E-state index in [2.05, 4.69) is 9.71 Å². The van der Waals surface area contributed by atoms with Gasteiger partial charge in [0.1, 0.15) is 0 Å². The van der Waals surface area contributed by atoms with Crippen molar-refractivity contribution in [1.82, 2.24) is 4.57 Å². The van der Waals surface area contributed by atoms with Crippen LogP contribution < -0.4 is 19.0 Å². The predicted molar refractivity (Wildman–Crippen MR) is 132 cm³/mol. The van der Waals surface area contributed by atoms with Crippen LogP contribution >= 0.6 is 22.9 Å². The molecular weight excluding hydrogens is 498 g/mol. The van der Waals surface area contributed by atoms with E-state index >= 15 is 0 Å². The fourth-order valence-corrected chi connectivity index (χ4v) is 5.46. The first-order valence-corrected chi connectivity index (χ1v) is 12.6. The number of aryl methyl sites for hydroxylation is 1. The van der Waals surface area contributed by atoms with E-state index in [1.807, 2.05) is 12.1 Å². The molecule has 176 valence electrons. The number of rotatable bonds is 6. The van der Waals surface area contributed by atoms with Gasteiger partial charge in [0.25, 0.3) is 15.9 Å². The Hall–Kier alpha value is -3.34. The minimum atomic E-state index is -3.85. The number of nitrogens with zero attached hydrogens (tertiary/aromatic N) is 2. The second-order valence-electron chi connectivity index (χ2n) is 7.18. The second-order valence-corrected chi connectivity index (χ2v) is 10.3. The molecule has 1 heterocycles. The van der Waals surface area contributed by atoms with Crippen molar-refractivity contribution < 1.29 is 22.7 Å². The largest absolute Gasteiger partial charge is 0.493 e. The van der Waals surface area contributed by atoms with Crippen LogP contribution in [0.3, 0.4) is 0 Å². The van der Waals surface area contributed by atoms with Gasteiger partial charge in [-0.3, -0.25) is 9.52 Å². The van der Waals surface area contributed by atoms with Crippen LogP contribution in [0.4, 0.5) is 5.69 Å². The van der Waals surface area contributed by atoms with E-state index in [9.17, 15) is 13.2 Å². The number of hydrogen-bond acceptors (Lipinski definition) is 6. The highest BCUT2D eigenvalue weighted by Crippen LogP contribution is 2.33. The number of aromatic nitrogens is 1. The monoisotopic (exact) mass is 517 g/mol. The summed E-state index contributed by atoms with van der Waals surface area (Å²) in [5, 5.41) is 0.430. The van der Waals surface area contributed by atoms with E-state index in [0.717, 1.165) is 10.2 Å². The fourth-order valence-electron chi connectivity index (χ4n) is 3.26. The van der Waals surface area contributed by atoms with Crippen LogP contribution in [0.1, 0.15) is 10.4 Å². The molecule has 11 heteroatoms. The second kappa shape index (κ2) is 9.49. The summed E-state index contributed by atoms with van der Waals surface area (Å²) in [6, 6.07) is 15.6. The minimum absolute atomic E-state index is 0.0569. The van der Waals surface area contributed by atoms with Crippen molar-refractivity contribution in [2.45, 2.75) is 4.90 Å². The van der Waals surface area contributed by atoms with Gasteiger partial charge in [0.05, 0.1) is 29.3 Å². The van der Waals surface area contributed by atoms with Crippen LogP contribution in [0.5, 0.6) is 11.5 Å². The lowest BCUT2D eigenvalue weighted by molar-refractivity contribution is 0.0998. The molecule has 0 saturated carbocycles. The number of carbonyl (C=O) groups excluding carboxylic acids is 1. The SMILES string of the molecule is COc1cc2sc(=NC(=O)c3cccc(NS(=O)(=O)c4ccc(Cl)cc4)c3)n(C)c2cc1OC. The van der Waals surface area contributed by atoms with E-state index in [0.29, 0.717) is 21.3 Å². The van der Waals surface area contributed by atoms with Crippen LogP contribution in [-0.4, -0.2) is 33.1 Å². The molecular formula is C23H20ClN3O5S2. The van der Waals surface area contributed by atoms with Gasteiger partial charge in [-0.2, -0.15) is 4.99 Å². The standard InChI is InChI=1S/C23H20ClN3O5S2/c1-27-18-12-19(31-2)20(32-3)13-21(18)33-23(27)25-22(28)14-5-4-6-16(11-14)26-34(29,30)17-9-7-15(24)8-10-17/h4-13,26H,1-3H3. The smallest absolute Gasteiger partial charge is 0.279 e. The Morgan fingerprint density at radius 2 is 1.71 bits per heavy atom. The van der Waals surface area contributed by atoms with Crippen LogP contribution in [0.25, 0.3) is 10.2 Å². The molecule has 0 saturated heterocycles. The molecule has 0 unspecified atom stereocenters. The van der Waals surface area contributed by atoms with Gasteiger partial charge in [0.2, 0.25) is 0 Å². The van der Waals surface area contributed by atoms with Gasteiger partial charge in [-0.05, 0) is 42.5 Å². The van der Waals surface area contributed by atoms with E-state index in [1.54, 1.807) is 44.0 Å². The average Bonchev–Trinajstić information content (AvgIpc) is 3.12. The van der Waals surface area contributed by atoms with E-state index < -0.39 is 15.9 Å². The fraction of sp³-hybridized carbons (Fsp3) is 0.130. The molecule has 0 atom stereocenters. The van der Waals surface area contributed by atoms with Gasteiger partial charge >= 0.3 is 0 Å². The van der Waals surface area contributed by atoms with Crippen LogP contribution in [-0.2, 0) is 17.1 Å². The first kappa shape index (κ1) is 23.8. The third-order valence-electron chi connectivity index (χ3n) is 5.00. The summed E-state index contributed by atoms with van der Waals surface area (Å²) >= 11 is 7.16. The van der Waals surface area contributed by atoms with Crippen LogP contribution in [0.2, 0.25) is 5.02 Å². The highest BCUT2D eigenvalue weighted by molar-refractivity contribution is 7.92. The molecule has 0 aliphatic carbocycles. The maximum atomic E-state index is 12.9. The Morgan fingerprint density at radius 3 is 2.38 bits per heavy atom. The van der Waals surface area contributed by atoms with Crippen LogP contribution in [0, 0.1) is 0 Å². The van der Waals surface area contributed by atoms with E-state index in [-0.39, 0.29) is 16.1 Å². The van der Waals surface area contributed by atoms with Gasteiger partial charge in [-0.25, -0.2) is 8.42 Å². The number of thiazole rings is 1. The number of ether oxygens (including phenoxy) is 2. The van der Waals surface area contributed by atoms with Crippen molar-refractivity contribution in [2.24, 2.45) is 12.0 Å². The zero-order chi connectivity index (χ0) is 24.5. The zero-order valence-corrected chi connectivity index (χ0v) is 20.8. The zero-order valence-electron chi connectivity index (χ0n) is 18.4. The molecule has 0 aliphatic heterocycles. The summed E-state index contributed by atoms with van der Waals surface area (Å²) in [7, 11) is 1.06. The van der Waals surface area contributed by atoms with Gasteiger partial charge in [0, 0.05) is 35.5 Å². The molecule has 0 spiro atoms. The number of sulfonamides is 1. The minimum Gasteiger partial charge on any atom is -0.493 e. The molecule has 0 aliphatic rings. The Balaban J connectivity index is 1.65. The first-order valence-electron chi connectivity index (χ1n) is 9.91. The molecule has 8 nitrogen and oxygen atoms in total. The third-order valence-corrected chi connectivity index (χ3v) is 7.74. The van der Waals surface area contributed by atoms with E-state index in [4.69, 9.17) is 21.1 Å². The lowest BCUT2D eigenvalue weighted by Gasteiger charge is -2.09. The number of methoxy groups -OCH3 is 2. The average molecular weight is 518 g/mol. The Morgan fingerprint density at radius 1 is 1.03 bits per heavy atom. The van der Waals surface area contributed by atoms with Gasteiger partial charge in [-0.15, -0.1) is 0 Å². The molecule has 0 fully saturated rings. The van der Waals surface area contributed by atoms with Crippen molar-refractivity contribution in [1.29, 1.82) is 0 Å².